The van der Waals surface area contributed by atoms with Crippen LogP contribution in [0, 0.1) is 5.13 Å². The predicted octanol–water partition coefficient (Wildman–Crippen LogP) is 1.62. The number of halogens is 1. The van der Waals surface area contributed by atoms with Crippen LogP contribution < -0.4 is 11.1 Å². The number of ether oxygens (including phenoxy) is 1. The maximum Gasteiger partial charge on any atom is 0.287 e. The first-order chi connectivity index (χ1) is 10.5. The van der Waals surface area contributed by atoms with Crippen LogP contribution in [-0.2, 0) is 11.2 Å². The Bertz CT molecular complexity index is 724. The summed E-state index contributed by atoms with van der Waals surface area (Å²) < 4.78 is 23.9. The fourth-order valence-electron chi connectivity index (χ4n) is 2.29. The Morgan fingerprint density at radius 3 is 3.00 bits per heavy atom. The summed E-state index contributed by atoms with van der Waals surface area (Å²) in [6, 6.07) is 2.71. The van der Waals surface area contributed by atoms with Gasteiger partial charge in [-0.15, -0.1) is 11.3 Å². The third kappa shape index (κ3) is 2.88. The predicted molar refractivity (Wildman–Crippen MR) is 76.2 cm³/mol. The number of thiophene rings is 1. The number of primary amides is 1. The Labute approximate surface area is 129 Å². The molecule has 1 atom stereocenters. The number of fused-ring (bicyclic) bond motifs is 1. The average Bonchev–Trinajstić information content (AvgIpc) is 3.10. The molecule has 0 aromatic carbocycles. The Morgan fingerprint density at radius 1 is 1.45 bits per heavy atom. The van der Waals surface area contributed by atoms with Gasteiger partial charge in [-0.25, -0.2) is 0 Å². The van der Waals surface area contributed by atoms with E-state index >= 15 is 0 Å². The largest absolute Gasteiger partial charge is 0.458 e. The lowest BCUT2D eigenvalue weighted by molar-refractivity contribution is 0.0418. The van der Waals surface area contributed by atoms with Gasteiger partial charge in [0.15, 0.2) is 10.9 Å². The molecule has 0 bridgehead atoms. The highest BCUT2D eigenvalue weighted by Crippen LogP contribution is 2.32. The van der Waals surface area contributed by atoms with Gasteiger partial charge in [-0.1, -0.05) is 0 Å². The van der Waals surface area contributed by atoms with E-state index in [-0.39, 0.29) is 29.1 Å². The molecule has 0 radical (unpaired) electrons. The normalized spacial score (nSPS) is 17.0. The van der Waals surface area contributed by atoms with E-state index in [0.717, 1.165) is 28.0 Å². The molecule has 0 fully saturated rings. The molecule has 8 heteroatoms. The molecule has 6 nitrogen and oxygen atoms in total. The van der Waals surface area contributed by atoms with Crippen LogP contribution in [0.15, 0.2) is 22.8 Å². The molecule has 1 aliphatic heterocycles. The number of nitrogens with two attached hydrogens (primary N) is 1. The number of hydrogen-bond acceptors (Lipinski definition) is 5. The van der Waals surface area contributed by atoms with Gasteiger partial charge >= 0.3 is 0 Å². The van der Waals surface area contributed by atoms with Crippen LogP contribution in [-0.4, -0.2) is 25.0 Å². The zero-order chi connectivity index (χ0) is 15.7. The topological polar surface area (TPSA) is 94.6 Å². The monoisotopic (exact) mass is 324 g/mol. The van der Waals surface area contributed by atoms with Crippen LogP contribution in [0.4, 0.5) is 4.39 Å². The summed E-state index contributed by atoms with van der Waals surface area (Å²) in [5, 5.41) is 2.38. The molecule has 2 aromatic heterocycles. The van der Waals surface area contributed by atoms with Crippen molar-refractivity contribution in [3.8, 4) is 0 Å². The highest BCUT2D eigenvalue weighted by molar-refractivity contribution is 7.10. The van der Waals surface area contributed by atoms with E-state index in [1.54, 1.807) is 0 Å². The van der Waals surface area contributed by atoms with Crippen molar-refractivity contribution in [2.75, 3.05) is 13.2 Å². The van der Waals surface area contributed by atoms with E-state index < -0.39 is 11.8 Å². The second-order valence-corrected chi connectivity index (χ2v) is 5.90. The van der Waals surface area contributed by atoms with Crippen molar-refractivity contribution in [2.24, 2.45) is 5.73 Å². The molecule has 0 saturated heterocycles. The molecule has 0 saturated carbocycles. The fourth-order valence-corrected chi connectivity index (χ4v) is 3.20. The van der Waals surface area contributed by atoms with E-state index in [2.05, 4.69) is 5.32 Å². The van der Waals surface area contributed by atoms with Crippen molar-refractivity contribution in [1.29, 1.82) is 0 Å². The third-order valence-electron chi connectivity index (χ3n) is 3.36. The second-order valence-electron chi connectivity index (χ2n) is 4.81. The number of furan rings is 1. The average molecular weight is 324 g/mol. The third-order valence-corrected chi connectivity index (χ3v) is 4.36. The lowest BCUT2D eigenvalue weighted by atomic mass is 10.1. The number of rotatable bonds is 4. The van der Waals surface area contributed by atoms with Gasteiger partial charge in [0, 0.05) is 23.9 Å². The summed E-state index contributed by atoms with van der Waals surface area (Å²) in [7, 11) is 0. The van der Waals surface area contributed by atoms with Crippen molar-refractivity contribution >= 4 is 23.2 Å². The van der Waals surface area contributed by atoms with Crippen LogP contribution in [0.1, 0.15) is 37.5 Å². The summed E-state index contributed by atoms with van der Waals surface area (Å²) in [5.41, 5.74) is 5.98. The number of amides is 2. The van der Waals surface area contributed by atoms with Crippen molar-refractivity contribution < 1.29 is 23.1 Å². The van der Waals surface area contributed by atoms with E-state index in [1.807, 2.05) is 0 Å². The van der Waals surface area contributed by atoms with Gasteiger partial charge in [0.05, 0.1) is 12.2 Å². The van der Waals surface area contributed by atoms with Gasteiger partial charge in [0.2, 0.25) is 0 Å². The summed E-state index contributed by atoms with van der Waals surface area (Å²) >= 11 is 1.10. The minimum atomic E-state index is -0.670. The Balaban J connectivity index is 1.65. The first-order valence-electron chi connectivity index (χ1n) is 6.61. The molecular weight excluding hydrogens is 311 g/mol. The van der Waals surface area contributed by atoms with E-state index in [4.69, 9.17) is 14.9 Å². The lowest BCUT2D eigenvalue weighted by Gasteiger charge is -2.23. The number of hydrogen-bond donors (Lipinski definition) is 2. The smallest absolute Gasteiger partial charge is 0.287 e. The zero-order valence-corrected chi connectivity index (χ0v) is 12.2. The van der Waals surface area contributed by atoms with Gasteiger partial charge in [-0.2, -0.15) is 4.39 Å². The Morgan fingerprint density at radius 2 is 2.27 bits per heavy atom. The lowest BCUT2D eigenvalue weighted by Crippen LogP contribution is -2.31. The van der Waals surface area contributed by atoms with Gasteiger partial charge in [-0.3, -0.25) is 9.59 Å². The molecule has 22 heavy (non-hydrogen) atoms. The maximum atomic E-state index is 13.3. The molecule has 116 valence electrons. The van der Waals surface area contributed by atoms with E-state index in [1.165, 1.54) is 12.1 Å². The fraction of sp³-hybridized carbons (Fsp3) is 0.286. The zero-order valence-electron chi connectivity index (χ0n) is 11.4. The second kappa shape index (κ2) is 5.90. The van der Waals surface area contributed by atoms with E-state index in [9.17, 15) is 14.0 Å². The first kappa shape index (κ1) is 14.7. The Hall–Kier alpha value is -2.19. The van der Waals surface area contributed by atoms with Gasteiger partial charge in [0.25, 0.3) is 11.8 Å². The van der Waals surface area contributed by atoms with Crippen molar-refractivity contribution in [2.45, 2.75) is 12.5 Å². The van der Waals surface area contributed by atoms with Crippen LogP contribution >= 0.6 is 11.3 Å². The quantitative estimate of drug-likeness (QED) is 0.893. The first-order valence-corrected chi connectivity index (χ1v) is 7.42. The van der Waals surface area contributed by atoms with Crippen LogP contribution in [0.5, 0.6) is 0 Å². The number of nitrogens with one attached hydrogen (secondary N) is 1. The van der Waals surface area contributed by atoms with Crippen molar-refractivity contribution in [1.82, 2.24) is 5.32 Å². The number of carbonyl (C=O) groups excluding carboxylic acids is 2. The summed E-state index contributed by atoms with van der Waals surface area (Å²) in [6.45, 7) is 0.675. The summed E-state index contributed by atoms with van der Waals surface area (Å²) in [5.74, 6) is -1.17. The van der Waals surface area contributed by atoms with Gasteiger partial charge in [0.1, 0.15) is 12.4 Å². The van der Waals surface area contributed by atoms with Crippen LogP contribution in [0.25, 0.3) is 0 Å². The molecule has 3 rings (SSSR count). The van der Waals surface area contributed by atoms with Crippen LogP contribution in [0.3, 0.4) is 0 Å². The number of carbonyl (C=O) groups is 2. The minimum absolute atomic E-state index is 0.0127. The van der Waals surface area contributed by atoms with Gasteiger partial charge < -0.3 is 20.2 Å². The van der Waals surface area contributed by atoms with Crippen molar-refractivity contribution in [3.05, 3.63) is 45.3 Å². The molecule has 0 aliphatic carbocycles. The Kier molecular flexibility index (Phi) is 3.95. The maximum absolute atomic E-state index is 13.3. The SMILES string of the molecule is NC(=O)c1coc(C(=O)NCC2OCCc3sc(F)cc32)c1. The van der Waals surface area contributed by atoms with Crippen LogP contribution in [0.2, 0.25) is 0 Å². The summed E-state index contributed by atoms with van der Waals surface area (Å²) in [6.07, 6.45) is 1.41. The summed E-state index contributed by atoms with van der Waals surface area (Å²) in [4.78, 5) is 23.9. The molecule has 0 spiro atoms. The molecule has 1 aliphatic rings. The highest BCUT2D eigenvalue weighted by Gasteiger charge is 2.25. The molecule has 1 unspecified atom stereocenters. The molecule has 3 N–H and O–H groups in total. The highest BCUT2D eigenvalue weighted by atomic mass is 32.1. The van der Waals surface area contributed by atoms with E-state index in [0.29, 0.717) is 13.0 Å². The van der Waals surface area contributed by atoms with Gasteiger partial charge in [-0.05, 0) is 11.6 Å². The molecule has 3 heterocycles. The molecule has 2 aromatic rings. The standard InChI is InChI=1S/C14H13FN2O4S/c15-12-4-8-10(20-2-1-11(8)22-12)5-17-14(19)9-3-7(6-21-9)13(16)18/h3-4,6,10H,1-2,5H2,(H2,16,18)(H,17,19). The van der Waals surface area contributed by atoms with Crippen molar-refractivity contribution in [3.63, 3.8) is 0 Å². The molecular formula is C14H13FN2O4S. The minimum Gasteiger partial charge on any atom is -0.458 e. The molecule has 2 amide bonds.